The highest BCUT2D eigenvalue weighted by molar-refractivity contribution is 7.20. The Morgan fingerprint density at radius 2 is 2.07 bits per heavy atom. The molecule has 0 aromatic carbocycles. The predicted molar refractivity (Wildman–Crippen MR) is 119 cm³/mol. The van der Waals surface area contributed by atoms with Gasteiger partial charge in [0.25, 0.3) is 5.91 Å². The fourth-order valence-corrected chi connectivity index (χ4v) is 5.55. The average Bonchev–Trinajstić information content (AvgIpc) is 3.25. The summed E-state index contributed by atoms with van der Waals surface area (Å²) in [6, 6.07) is 3.68. The maximum absolute atomic E-state index is 13.1. The Bertz CT molecular complexity index is 1270. The molecule has 0 aliphatic heterocycles. The zero-order valence-corrected chi connectivity index (χ0v) is 18.6. The number of thiazole rings is 1. The van der Waals surface area contributed by atoms with E-state index in [-0.39, 0.29) is 5.91 Å². The molecule has 0 saturated heterocycles. The Balaban J connectivity index is 1.50. The molecule has 148 valence electrons. The van der Waals surface area contributed by atoms with E-state index in [2.05, 4.69) is 15.4 Å². The lowest BCUT2D eigenvalue weighted by Crippen LogP contribution is -2.13. The summed E-state index contributed by atoms with van der Waals surface area (Å²) in [5.74, 6) is 0.212. The van der Waals surface area contributed by atoms with Crippen LogP contribution >= 0.6 is 45.9 Å². The largest absolute Gasteiger partial charge is 0.298 e. The van der Waals surface area contributed by atoms with E-state index in [1.54, 1.807) is 10.7 Å². The fourth-order valence-electron chi connectivity index (χ4n) is 3.37. The summed E-state index contributed by atoms with van der Waals surface area (Å²) in [7, 11) is 1.85. The van der Waals surface area contributed by atoms with E-state index >= 15 is 0 Å². The molecule has 0 radical (unpaired) electrons. The average molecular weight is 464 g/mol. The molecule has 5 rings (SSSR count). The van der Waals surface area contributed by atoms with Crippen molar-refractivity contribution in [2.45, 2.75) is 25.7 Å². The number of fused-ring (bicyclic) bond motifs is 1. The monoisotopic (exact) mass is 463 g/mol. The minimum atomic E-state index is -0.217. The van der Waals surface area contributed by atoms with Gasteiger partial charge in [-0.25, -0.2) is 9.97 Å². The molecule has 1 amide bonds. The Labute approximate surface area is 184 Å². The first-order valence-corrected chi connectivity index (χ1v) is 11.4. The van der Waals surface area contributed by atoms with E-state index in [4.69, 9.17) is 28.2 Å². The van der Waals surface area contributed by atoms with Crippen LogP contribution in [-0.2, 0) is 7.05 Å². The number of hydrogen-bond donors (Lipinski definition) is 1. The van der Waals surface area contributed by atoms with Gasteiger partial charge in [0.2, 0.25) is 0 Å². The molecule has 0 bridgehead atoms. The minimum Gasteiger partial charge on any atom is -0.298 e. The van der Waals surface area contributed by atoms with Crippen molar-refractivity contribution in [3.05, 3.63) is 43.1 Å². The van der Waals surface area contributed by atoms with Gasteiger partial charge in [0.1, 0.15) is 4.34 Å². The number of carbonyl (C=O) groups is 1. The molecule has 10 heteroatoms. The summed E-state index contributed by atoms with van der Waals surface area (Å²) in [6.45, 7) is 1.89. The highest BCUT2D eigenvalue weighted by atomic mass is 35.5. The molecule has 0 atom stereocenters. The normalized spacial score (nSPS) is 13.9. The van der Waals surface area contributed by atoms with Crippen LogP contribution in [-0.4, -0.2) is 25.7 Å². The molecule has 29 heavy (non-hydrogen) atoms. The SMILES string of the molecule is Cc1nn(C)c2nc(C3CC3)cc(C(=O)Nc3nc(-c4cc(Cl)sc4Cl)cs3)c12. The Morgan fingerprint density at radius 1 is 1.28 bits per heavy atom. The van der Waals surface area contributed by atoms with Crippen LogP contribution < -0.4 is 5.32 Å². The van der Waals surface area contributed by atoms with Gasteiger partial charge >= 0.3 is 0 Å². The number of nitrogens with one attached hydrogen (secondary N) is 1. The predicted octanol–water partition coefficient (Wildman–Crippen LogP) is 5.90. The highest BCUT2D eigenvalue weighted by Gasteiger charge is 2.28. The molecular weight excluding hydrogens is 449 g/mol. The minimum absolute atomic E-state index is 0.217. The molecule has 1 fully saturated rings. The van der Waals surface area contributed by atoms with Crippen molar-refractivity contribution in [3.63, 3.8) is 0 Å². The van der Waals surface area contributed by atoms with Gasteiger partial charge in [-0.15, -0.1) is 22.7 Å². The third kappa shape index (κ3) is 3.44. The van der Waals surface area contributed by atoms with Gasteiger partial charge in [-0.1, -0.05) is 23.2 Å². The van der Waals surface area contributed by atoms with Crippen molar-refractivity contribution in [1.82, 2.24) is 19.7 Å². The maximum atomic E-state index is 13.1. The Morgan fingerprint density at radius 3 is 2.76 bits per heavy atom. The lowest BCUT2D eigenvalue weighted by atomic mass is 10.1. The number of pyridine rings is 1. The number of rotatable bonds is 4. The number of carbonyl (C=O) groups excluding carboxylic acids is 1. The van der Waals surface area contributed by atoms with Crippen LogP contribution in [0.1, 0.15) is 40.5 Å². The van der Waals surface area contributed by atoms with Crippen LogP contribution in [0.15, 0.2) is 17.5 Å². The van der Waals surface area contributed by atoms with E-state index < -0.39 is 0 Å². The van der Waals surface area contributed by atoms with Gasteiger partial charge < -0.3 is 0 Å². The molecule has 4 aromatic rings. The number of hydrogen-bond acceptors (Lipinski definition) is 6. The molecular formula is C19H15Cl2N5OS2. The zero-order chi connectivity index (χ0) is 20.3. The van der Waals surface area contributed by atoms with Crippen LogP contribution in [0, 0.1) is 6.92 Å². The van der Waals surface area contributed by atoms with Gasteiger partial charge in [0, 0.05) is 29.6 Å². The van der Waals surface area contributed by atoms with Crippen LogP contribution in [0.25, 0.3) is 22.3 Å². The summed E-state index contributed by atoms with van der Waals surface area (Å²) in [5.41, 5.74) is 4.50. The van der Waals surface area contributed by atoms with Crippen LogP contribution in [0.3, 0.4) is 0 Å². The number of halogens is 2. The molecule has 4 aromatic heterocycles. The van der Waals surface area contributed by atoms with Gasteiger partial charge in [-0.3, -0.25) is 14.8 Å². The van der Waals surface area contributed by atoms with Crippen molar-refractivity contribution in [3.8, 4) is 11.3 Å². The molecule has 1 saturated carbocycles. The van der Waals surface area contributed by atoms with Crippen molar-refractivity contribution < 1.29 is 4.79 Å². The van der Waals surface area contributed by atoms with Crippen molar-refractivity contribution in [2.24, 2.45) is 7.05 Å². The van der Waals surface area contributed by atoms with Gasteiger partial charge in [0.05, 0.1) is 26.7 Å². The number of thiophene rings is 1. The highest BCUT2D eigenvalue weighted by Crippen LogP contribution is 2.41. The summed E-state index contributed by atoms with van der Waals surface area (Å²) < 4.78 is 2.91. The van der Waals surface area contributed by atoms with Crippen molar-refractivity contribution in [1.29, 1.82) is 0 Å². The van der Waals surface area contributed by atoms with Gasteiger partial charge in [-0.2, -0.15) is 5.10 Å². The van der Waals surface area contributed by atoms with E-state index in [1.165, 1.54) is 22.7 Å². The second-order valence-electron chi connectivity index (χ2n) is 7.01. The molecule has 0 spiro atoms. The number of anilines is 1. The zero-order valence-electron chi connectivity index (χ0n) is 15.5. The number of aromatic nitrogens is 4. The fraction of sp³-hybridized carbons (Fsp3) is 0.263. The Kier molecular flexibility index (Phi) is 4.62. The maximum Gasteiger partial charge on any atom is 0.258 e. The third-order valence-corrected chi connectivity index (χ3v) is 7.13. The van der Waals surface area contributed by atoms with Gasteiger partial charge in [0.15, 0.2) is 10.8 Å². The molecule has 6 nitrogen and oxygen atoms in total. The molecule has 1 N–H and O–H groups in total. The molecule has 0 unspecified atom stereocenters. The van der Waals surface area contributed by atoms with Crippen molar-refractivity contribution >= 4 is 67.9 Å². The molecule has 1 aliphatic rings. The first-order valence-electron chi connectivity index (χ1n) is 8.97. The summed E-state index contributed by atoms with van der Waals surface area (Å²) in [6.07, 6.45) is 2.21. The van der Waals surface area contributed by atoms with E-state index in [9.17, 15) is 4.79 Å². The third-order valence-electron chi connectivity index (χ3n) is 4.89. The van der Waals surface area contributed by atoms with E-state index in [1.807, 2.05) is 25.4 Å². The topological polar surface area (TPSA) is 72.7 Å². The summed E-state index contributed by atoms with van der Waals surface area (Å²) >= 11 is 14.9. The summed E-state index contributed by atoms with van der Waals surface area (Å²) in [4.78, 5) is 22.4. The van der Waals surface area contributed by atoms with Gasteiger partial charge in [-0.05, 0) is 31.9 Å². The lowest BCUT2D eigenvalue weighted by molar-refractivity contribution is 0.102. The van der Waals surface area contributed by atoms with E-state index in [0.29, 0.717) is 31.0 Å². The quantitative estimate of drug-likeness (QED) is 0.408. The molecule has 4 heterocycles. The second kappa shape index (κ2) is 7.05. The first kappa shape index (κ1) is 19.0. The van der Waals surface area contributed by atoms with Crippen molar-refractivity contribution in [2.75, 3.05) is 5.32 Å². The second-order valence-corrected chi connectivity index (χ2v) is 10.2. The smallest absolute Gasteiger partial charge is 0.258 e. The lowest BCUT2D eigenvalue weighted by Gasteiger charge is -2.07. The number of nitrogens with zero attached hydrogens (tertiary/aromatic N) is 4. The number of aryl methyl sites for hydroxylation is 2. The van der Waals surface area contributed by atoms with E-state index in [0.717, 1.165) is 40.8 Å². The Hall–Kier alpha value is -2.00. The molecule has 1 aliphatic carbocycles. The van der Waals surface area contributed by atoms with Crippen LogP contribution in [0.2, 0.25) is 8.67 Å². The summed E-state index contributed by atoms with van der Waals surface area (Å²) in [5, 5.41) is 10.5. The standard InChI is InChI=1S/C19H15Cl2N5OS2/c1-8-15-11(5-12(9-3-4-9)22-17(15)26(2)25-8)18(27)24-19-23-13(7-28-19)10-6-14(20)29-16(10)21/h5-7,9H,3-4H2,1-2H3,(H,23,24,27). The van der Waals surface area contributed by atoms with Crippen LogP contribution in [0.5, 0.6) is 0 Å². The first-order chi connectivity index (χ1) is 13.9. The van der Waals surface area contributed by atoms with Crippen LogP contribution in [0.4, 0.5) is 5.13 Å². The number of amides is 1.